The van der Waals surface area contributed by atoms with Gasteiger partial charge in [0, 0.05) is 36.0 Å². The number of piperidine rings is 1. The Morgan fingerprint density at radius 3 is 2.37 bits per heavy atom. The normalized spacial score (nSPS) is 29.8. The molecule has 1 saturated carbocycles. The molecule has 3 aromatic rings. The average Bonchev–Trinajstić information content (AvgIpc) is 3.02. The number of pyridine rings is 1. The van der Waals surface area contributed by atoms with E-state index >= 15 is 0 Å². The Labute approximate surface area is 207 Å². The molecular weight excluding hydrogens is 434 g/mol. The molecule has 2 saturated heterocycles. The third-order valence-electron chi connectivity index (χ3n) is 8.97. The van der Waals surface area contributed by atoms with E-state index in [0.29, 0.717) is 5.69 Å². The van der Waals surface area contributed by atoms with Crippen molar-refractivity contribution in [3.8, 4) is 0 Å². The predicted molar refractivity (Wildman–Crippen MR) is 137 cm³/mol. The Morgan fingerprint density at radius 1 is 0.943 bits per heavy atom. The summed E-state index contributed by atoms with van der Waals surface area (Å²) in [5, 5.41) is 1.93. The topological polar surface area (TPSA) is 53.5 Å². The van der Waals surface area contributed by atoms with E-state index in [9.17, 15) is 9.59 Å². The van der Waals surface area contributed by atoms with Crippen LogP contribution >= 0.6 is 0 Å². The first-order valence-electron chi connectivity index (χ1n) is 13.0. The minimum atomic E-state index is -0.0970. The van der Waals surface area contributed by atoms with Gasteiger partial charge in [0.15, 0.2) is 0 Å². The van der Waals surface area contributed by atoms with Crippen molar-refractivity contribution in [3.63, 3.8) is 0 Å². The molecule has 5 atom stereocenters. The standard InChI is InChI=1S/C30H33N3O2/c1-20(34)32-24(18-21-10-4-3-5-11-21)25-19-30(2)26(32)14-8-9-15-27(30)33(25)29(35)28-23-13-7-6-12-22(23)16-17-31-28/h3-7,10-13,16-17,24-27H,8-9,14-15,18-19H2,1-2H3/t24-,25-,26+,27-,30+/m0/s1. The van der Waals surface area contributed by atoms with E-state index < -0.39 is 0 Å². The molecule has 6 rings (SSSR count). The number of amides is 2. The number of carbonyl (C=O) groups is 2. The maximum absolute atomic E-state index is 14.4. The van der Waals surface area contributed by atoms with E-state index in [4.69, 9.17) is 0 Å². The van der Waals surface area contributed by atoms with Gasteiger partial charge < -0.3 is 9.80 Å². The van der Waals surface area contributed by atoms with Gasteiger partial charge in [-0.1, -0.05) is 74.4 Å². The van der Waals surface area contributed by atoms with Crippen molar-refractivity contribution in [1.82, 2.24) is 14.8 Å². The number of rotatable bonds is 3. The Morgan fingerprint density at radius 2 is 1.63 bits per heavy atom. The van der Waals surface area contributed by atoms with Gasteiger partial charge in [-0.2, -0.15) is 0 Å². The fourth-order valence-electron chi connectivity index (χ4n) is 7.51. The molecule has 3 heterocycles. The zero-order chi connectivity index (χ0) is 24.2. The zero-order valence-electron chi connectivity index (χ0n) is 20.6. The van der Waals surface area contributed by atoms with Crippen molar-refractivity contribution in [2.24, 2.45) is 5.41 Å². The van der Waals surface area contributed by atoms with Gasteiger partial charge in [-0.15, -0.1) is 0 Å². The summed E-state index contributed by atoms with van der Waals surface area (Å²) in [4.78, 5) is 36.5. The van der Waals surface area contributed by atoms with Gasteiger partial charge >= 0.3 is 0 Å². The molecule has 5 nitrogen and oxygen atoms in total. The predicted octanol–water partition coefficient (Wildman–Crippen LogP) is 5.24. The largest absolute Gasteiger partial charge is 0.334 e. The highest BCUT2D eigenvalue weighted by molar-refractivity contribution is 6.05. The maximum Gasteiger partial charge on any atom is 0.273 e. The minimum absolute atomic E-state index is 0.0169. The van der Waals surface area contributed by atoms with Crippen molar-refractivity contribution >= 4 is 22.6 Å². The number of hydrogen-bond acceptors (Lipinski definition) is 3. The lowest BCUT2D eigenvalue weighted by Gasteiger charge is -2.50. The number of benzene rings is 2. The van der Waals surface area contributed by atoms with Crippen LogP contribution in [0.4, 0.5) is 0 Å². The van der Waals surface area contributed by atoms with E-state index in [2.05, 4.69) is 46.0 Å². The molecule has 0 spiro atoms. The molecule has 35 heavy (non-hydrogen) atoms. The van der Waals surface area contributed by atoms with Crippen LogP contribution in [-0.2, 0) is 11.2 Å². The van der Waals surface area contributed by atoms with Gasteiger partial charge in [-0.05, 0) is 42.7 Å². The summed E-state index contributed by atoms with van der Waals surface area (Å²) in [5.41, 5.74) is 1.65. The highest BCUT2D eigenvalue weighted by atomic mass is 16.2. The zero-order valence-corrected chi connectivity index (χ0v) is 20.6. The first-order chi connectivity index (χ1) is 17.0. The second-order valence-corrected chi connectivity index (χ2v) is 10.9. The summed E-state index contributed by atoms with van der Waals surface area (Å²) in [5.74, 6) is 0.148. The third-order valence-corrected chi connectivity index (χ3v) is 8.97. The Balaban J connectivity index is 1.49. The van der Waals surface area contributed by atoms with Gasteiger partial charge in [0.1, 0.15) is 5.69 Å². The number of likely N-dealkylation sites (tertiary alicyclic amines) is 2. The second kappa shape index (κ2) is 8.47. The summed E-state index contributed by atoms with van der Waals surface area (Å²) in [6.07, 6.45) is 7.64. The highest BCUT2D eigenvalue weighted by Gasteiger charge is 2.63. The number of fused-ring (bicyclic) bond motifs is 2. The van der Waals surface area contributed by atoms with E-state index in [0.717, 1.165) is 49.3 Å². The van der Waals surface area contributed by atoms with Gasteiger partial charge in [0.25, 0.3) is 5.91 Å². The van der Waals surface area contributed by atoms with Gasteiger partial charge in [-0.25, -0.2) is 0 Å². The number of carbonyl (C=O) groups excluding carboxylic acids is 2. The van der Waals surface area contributed by atoms with Crippen molar-refractivity contribution in [2.45, 2.75) is 76.5 Å². The van der Waals surface area contributed by atoms with Crippen LogP contribution < -0.4 is 0 Å². The molecule has 2 bridgehead atoms. The SMILES string of the molecule is CC(=O)N1[C@@H](Cc2ccccc2)[C@@H]2C[C@@]3(C)[C@H](CCCC[C@@H]13)N2C(=O)c1nccc2ccccc12. The lowest BCUT2D eigenvalue weighted by molar-refractivity contribution is -0.141. The first kappa shape index (κ1) is 22.3. The molecule has 5 heteroatoms. The smallest absolute Gasteiger partial charge is 0.273 e. The van der Waals surface area contributed by atoms with Crippen LogP contribution in [0.3, 0.4) is 0 Å². The van der Waals surface area contributed by atoms with Gasteiger partial charge in [0.05, 0.1) is 12.1 Å². The maximum atomic E-state index is 14.4. The van der Waals surface area contributed by atoms with Crippen LogP contribution in [0.1, 0.15) is 62.0 Å². The van der Waals surface area contributed by atoms with E-state index in [-0.39, 0.29) is 41.4 Å². The second-order valence-electron chi connectivity index (χ2n) is 10.9. The van der Waals surface area contributed by atoms with Crippen LogP contribution in [0, 0.1) is 5.41 Å². The molecule has 2 aliphatic heterocycles. The summed E-state index contributed by atoms with van der Waals surface area (Å²) in [6, 6.07) is 20.6. The summed E-state index contributed by atoms with van der Waals surface area (Å²) in [6.45, 7) is 4.05. The van der Waals surface area contributed by atoms with Crippen LogP contribution in [-0.4, -0.2) is 50.8 Å². The summed E-state index contributed by atoms with van der Waals surface area (Å²) < 4.78 is 0. The van der Waals surface area contributed by atoms with Gasteiger partial charge in [-0.3, -0.25) is 14.6 Å². The molecule has 3 fully saturated rings. The molecule has 3 aliphatic rings. The molecule has 0 unspecified atom stereocenters. The molecule has 1 aliphatic carbocycles. The van der Waals surface area contributed by atoms with Crippen LogP contribution in [0.2, 0.25) is 0 Å². The fourth-order valence-corrected chi connectivity index (χ4v) is 7.51. The van der Waals surface area contributed by atoms with E-state index in [1.807, 2.05) is 36.4 Å². The Kier molecular flexibility index (Phi) is 5.39. The number of aromatic nitrogens is 1. The molecule has 180 valence electrons. The lowest BCUT2D eigenvalue weighted by Crippen LogP contribution is -2.61. The van der Waals surface area contributed by atoms with Crippen LogP contribution in [0.15, 0.2) is 66.9 Å². The highest BCUT2D eigenvalue weighted by Crippen LogP contribution is 2.56. The average molecular weight is 468 g/mol. The van der Waals surface area contributed by atoms with Crippen LogP contribution in [0.25, 0.3) is 10.8 Å². The first-order valence-corrected chi connectivity index (χ1v) is 13.0. The molecule has 2 amide bonds. The molecule has 0 N–H and O–H groups in total. The Hall–Kier alpha value is -3.21. The number of nitrogens with zero attached hydrogens (tertiary/aromatic N) is 3. The molecule has 0 radical (unpaired) electrons. The minimum Gasteiger partial charge on any atom is -0.334 e. The summed E-state index contributed by atoms with van der Waals surface area (Å²) in [7, 11) is 0. The lowest BCUT2D eigenvalue weighted by atomic mass is 9.69. The van der Waals surface area contributed by atoms with Crippen molar-refractivity contribution in [2.75, 3.05) is 0 Å². The van der Waals surface area contributed by atoms with Gasteiger partial charge in [0.2, 0.25) is 5.91 Å². The third kappa shape index (κ3) is 3.47. The van der Waals surface area contributed by atoms with Crippen molar-refractivity contribution < 1.29 is 9.59 Å². The molecule has 1 aromatic heterocycles. The monoisotopic (exact) mass is 467 g/mol. The fraction of sp³-hybridized carbons (Fsp3) is 0.433. The van der Waals surface area contributed by atoms with E-state index in [1.54, 1.807) is 13.1 Å². The molecular formula is C30H33N3O2. The van der Waals surface area contributed by atoms with Crippen LogP contribution in [0.5, 0.6) is 0 Å². The quantitative estimate of drug-likeness (QED) is 0.529. The number of hydrogen-bond donors (Lipinski definition) is 0. The Bertz CT molecular complexity index is 1270. The van der Waals surface area contributed by atoms with Crippen molar-refractivity contribution in [3.05, 3.63) is 78.1 Å². The molecule has 2 aromatic carbocycles. The van der Waals surface area contributed by atoms with E-state index in [1.165, 1.54) is 5.56 Å². The van der Waals surface area contributed by atoms with Crippen molar-refractivity contribution in [1.29, 1.82) is 0 Å². The summed E-state index contributed by atoms with van der Waals surface area (Å²) >= 11 is 0.